The van der Waals surface area contributed by atoms with Crippen LogP contribution in [0.4, 0.5) is 11.4 Å². The van der Waals surface area contributed by atoms with E-state index in [0.717, 1.165) is 38.1 Å². The summed E-state index contributed by atoms with van der Waals surface area (Å²) in [5.41, 5.74) is -1.27. The Bertz CT molecular complexity index is 691. The monoisotopic (exact) mass is 364 g/mol. The molecule has 1 aliphatic rings. The average Bonchev–Trinajstić information content (AvgIpc) is 2.60. The Morgan fingerprint density at radius 2 is 1.62 bits per heavy atom. The maximum absolute atomic E-state index is 12.5. The van der Waals surface area contributed by atoms with E-state index >= 15 is 0 Å². The van der Waals surface area contributed by atoms with Crippen molar-refractivity contribution in [2.75, 3.05) is 19.6 Å². The number of amides is 1. The molecule has 0 spiro atoms. The van der Waals surface area contributed by atoms with Crippen molar-refractivity contribution < 1.29 is 14.6 Å². The molecule has 1 aromatic rings. The van der Waals surface area contributed by atoms with Gasteiger partial charge in [-0.1, -0.05) is 6.42 Å². The Hall–Kier alpha value is -2.55. The van der Waals surface area contributed by atoms with Crippen LogP contribution in [0.5, 0.6) is 0 Å². The number of nitro benzene ring substituents is 2. The lowest BCUT2D eigenvalue weighted by Gasteiger charge is -2.41. The molecular weight excluding hydrogens is 340 g/mol. The summed E-state index contributed by atoms with van der Waals surface area (Å²) >= 11 is 0. The van der Waals surface area contributed by atoms with Crippen LogP contribution in [-0.2, 0) is 0 Å². The van der Waals surface area contributed by atoms with Crippen molar-refractivity contribution in [3.8, 4) is 0 Å². The summed E-state index contributed by atoms with van der Waals surface area (Å²) in [7, 11) is 0. The van der Waals surface area contributed by atoms with Gasteiger partial charge >= 0.3 is 0 Å². The second-order valence-corrected chi connectivity index (χ2v) is 7.20. The van der Waals surface area contributed by atoms with Crippen LogP contribution in [0, 0.1) is 27.2 Å². The van der Waals surface area contributed by atoms with Crippen LogP contribution in [0.1, 0.15) is 49.0 Å². The molecule has 1 saturated heterocycles. The number of benzene rings is 1. The first-order chi connectivity index (χ1) is 12.1. The molecule has 1 N–H and O–H groups in total. The second-order valence-electron chi connectivity index (χ2n) is 7.20. The number of nitrogens with one attached hydrogen (secondary N) is 1. The summed E-state index contributed by atoms with van der Waals surface area (Å²) in [5.74, 6) is -0.554. The predicted octanol–water partition coefficient (Wildman–Crippen LogP) is 2.81. The molecule has 0 saturated carbocycles. The Morgan fingerprint density at radius 1 is 1.12 bits per heavy atom. The molecule has 0 aromatic heterocycles. The van der Waals surface area contributed by atoms with E-state index in [4.69, 9.17) is 0 Å². The van der Waals surface area contributed by atoms with Gasteiger partial charge < -0.3 is 5.32 Å². The maximum atomic E-state index is 12.5. The quantitative estimate of drug-likeness (QED) is 0.612. The molecule has 1 heterocycles. The van der Waals surface area contributed by atoms with E-state index in [1.54, 1.807) is 0 Å². The van der Waals surface area contributed by atoms with Crippen molar-refractivity contribution >= 4 is 17.3 Å². The second kappa shape index (κ2) is 7.77. The van der Waals surface area contributed by atoms with Gasteiger partial charge in [0.15, 0.2) is 0 Å². The molecule has 26 heavy (non-hydrogen) atoms. The standard InChI is InChI=1S/C17H24N4O5/c1-12-14(20(23)24)9-13(10-15(12)21(25)26)16(22)18-11-17(2,3)19-7-5-4-6-8-19/h9-10H,4-8,11H2,1-3H3,(H,18,22). The fraction of sp³-hybridized carbons (Fsp3) is 0.588. The third kappa shape index (κ3) is 4.34. The number of carbonyl (C=O) groups is 1. The van der Waals surface area contributed by atoms with E-state index in [9.17, 15) is 25.0 Å². The Labute approximate surface area is 151 Å². The van der Waals surface area contributed by atoms with Crippen molar-refractivity contribution in [1.29, 1.82) is 0 Å². The fourth-order valence-electron chi connectivity index (χ4n) is 3.20. The summed E-state index contributed by atoms with van der Waals surface area (Å²) in [6, 6.07) is 2.18. The first-order valence-corrected chi connectivity index (χ1v) is 8.60. The highest BCUT2D eigenvalue weighted by molar-refractivity contribution is 5.96. The Balaban J connectivity index is 2.18. The topological polar surface area (TPSA) is 119 Å². The number of piperidine rings is 1. The van der Waals surface area contributed by atoms with Gasteiger partial charge in [0.2, 0.25) is 0 Å². The van der Waals surface area contributed by atoms with Gasteiger partial charge in [-0.15, -0.1) is 0 Å². The predicted molar refractivity (Wildman–Crippen MR) is 96.3 cm³/mol. The van der Waals surface area contributed by atoms with E-state index in [0.29, 0.717) is 6.54 Å². The van der Waals surface area contributed by atoms with Gasteiger partial charge in [0.25, 0.3) is 17.3 Å². The summed E-state index contributed by atoms with van der Waals surface area (Å²) in [6.07, 6.45) is 3.44. The van der Waals surface area contributed by atoms with Gasteiger partial charge in [-0.05, 0) is 46.7 Å². The number of likely N-dealkylation sites (tertiary alicyclic amines) is 1. The first-order valence-electron chi connectivity index (χ1n) is 8.60. The lowest BCUT2D eigenvalue weighted by Crippen LogP contribution is -2.53. The van der Waals surface area contributed by atoms with Gasteiger partial charge in [0.05, 0.1) is 15.4 Å². The van der Waals surface area contributed by atoms with Crippen LogP contribution in [0.2, 0.25) is 0 Å². The number of nitrogens with zero attached hydrogens (tertiary/aromatic N) is 3. The third-order valence-corrected chi connectivity index (χ3v) is 4.90. The maximum Gasteiger partial charge on any atom is 0.279 e. The zero-order valence-electron chi connectivity index (χ0n) is 15.3. The summed E-state index contributed by atoms with van der Waals surface area (Å²) < 4.78 is 0. The number of hydrogen-bond donors (Lipinski definition) is 1. The molecule has 9 nitrogen and oxygen atoms in total. The molecule has 1 aliphatic heterocycles. The highest BCUT2D eigenvalue weighted by Crippen LogP contribution is 2.29. The van der Waals surface area contributed by atoms with Crippen molar-refractivity contribution in [3.63, 3.8) is 0 Å². The van der Waals surface area contributed by atoms with Crippen LogP contribution in [0.25, 0.3) is 0 Å². The van der Waals surface area contributed by atoms with E-state index in [1.807, 2.05) is 13.8 Å². The first kappa shape index (κ1) is 19.8. The molecule has 2 rings (SSSR count). The highest BCUT2D eigenvalue weighted by atomic mass is 16.6. The Kier molecular flexibility index (Phi) is 5.91. The average molecular weight is 364 g/mol. The summed E-state index contributed by atoms with van der Waals surface area (Å²) in [5, 5.41) is 25.0. The van der Waals surface area contributed by atoms with Crippen molar-refractivity contribution in [3.05, 3.63) is 43.5 Å². The SMILES string of the molecule is Cc1c([N+](=O)[O-])cc(C(=O)NCC(C)(C)N2CCCCC2)cc1[N+](=O)[O-]. The zero-order valence-corrected chi connectivity index (χ0v) is 15.3. The fourth-order valence-corrected chi connectivity index (χ4v) is 3.20. The zero-order chi connectivity index (χ0) is 19.5. The summed E-state index contributed by atoms with van der Waals surface area (Å²) in [4.78, 5) is 35.6. The van der Waals surface area contributed by atoms with Crippen LogP contribution < -0.4 is 5.32 Å². The molecule has 0 atom stereocenters. The molecule has 0 aliphatic carbocycles. The number of nitro groups is 2. The van der Waals surface area contributed by atoms with Crippen LogP contribution in [-0.4, -0.2) is 45.8 Å². The third-order valence-electron chi connectivity index (χ3n) is 4.90. The largest absolute Gasteiger partial charge is 0.350 e. The smallest absolute Gasteiger partial charge is 0.279 e. The lowest BCUT2D eigenvalue weighted by molar-refractivity contribution is -0.395. The van der Waals surface area contributed by atoms with Crippen molar-refractivity contribution in [1.82, 2.24) is 10.2 Å². The van der Waals surface area contributed by atoms with Crippen LogP contribution in [0.15, 0.2) is 12.1 Å². The van der Waals surface area contributed by atoms with E-state index in [-0.39, 0.29) is 16.7 Å². The van der Waals surface area contributed by atoms with Crippen LogP contribution >= 0.6 is 0 Å². The molecule has 9 heteroatoms. The lowest BCUT2D eigenvalue weighted by atomic mass is 9.98. The number of rotatable bonds is 6. The van der Waals surface area contributed by atoms with Gasteiger partial charge in [-0.2, -0.15) is 0 Å². The molecule has 0 unspecified atom stereocenters. The van der Waals surface area contributed by atoms with Gasteiger partial charge in [-0.25, -0.2) is 0 Å². The van der Waals surface area contributed by atoms with Crippen LogP contribution in [0.3, 0.4) is 0 Å². The van der Waals surface area contributed by atoms with Crippen molar-refractivity contribution in [2.45, 2.75) is 45.6 Å². The van der Waals surface area contributed by atoms with E-state index < -0.39 is 27.1 Å². The normalized spacial score (nSPS) is 15.5. The van der Waals surface area contributed by atoms with Gasteiger partial charge in [-0.3, -0.25) is 29.9 Å². The van der Waals surface area contributed by atoms with Gasteiger partial charge in [0.1, 0.15) is 5.56 Å². The Morgan fingerprint density at radius 3 is 2.08 bits per heavy atom. The molecule has 0 bridgehead atoms. The molecule has 0 radical (unpaired) electrons. The minimum absolute atomic E-state index is 0.0646. The molecule has 1 aromatic carbocycles. The molecule has 1 amide bonds. The summed E-state index contributed by atoms with van der Waals surface area (Å²) in [6.45, 7) is 7.63. The molecular formula is C17H24N4O5. The highest BCUT2D eigenvalue weighted by Gasteiger charge is 2.30. The number of carbonyl (C=O) groups excluding carboxylic acids is 1. The van der Waals surface area contributed by atoms with Gasteiger partial charge in [0, 0.05) is 24.2 Å². The van der Waals surface area contributed by atoms with E-state index in [1.165, 1.54) is 13.3 Å². The minimum atomic E-state index is -0.712. The minimum Gasteiger partial charge on any atom is -0.350 e. The van der Waals surface area contributed by atoms with Crippen molar-refractivity contribution in [2.24, 2.45) is 0 Å². The van der Waals surface area contributed by atoms with E-state index in [2.05, 4.69) is 10.2 Å². The molecule has 1 fully saturated rings. The molecule has 142 valence electrons. The number of hydrogen-bond acceptors (Lipinski definition) is 6.